The fourth-order valence-corrected chi connectivity index (χ4v) is 3.48. The first-order valence-electron chi connectivity index (χ1n) is 7.23. The first-order valence-corrected chi connectivity index (χ1v) is 8.71. The quantitative estimate of drug-likeness (QED) is 0.692. The molecule has 0 saturated heterocycles. The van der Waals surface area contributed by atoms with Crippen LogP contribution in [0, 0.1) is 0 Å². The monoisotopic (exact) mass is 345 g/mol. The highest BCUT2D eigenvalue weighted by Crippen LogP contribution is 2.23. The molecule has 0 fully saturated rings. The Morgan fingerprint density at radius 2 is 2.00 bits per heavy atom. The summed E-state index contributed by atoms with van der Waals surface area (Å²) in [7, 11) is -3.78. The van der Waals surface area contributed by atoms with Gasteiger partial charge in [-0.2, -0.15) is 0 Å². The Labute approximate surface area is 138 Å². The Kier molecular flexibility index (Phi) is 4.22. The summed E-state index contributed by atoms with van der Waals surface area (Å²) in [5.41, 5.74) is 1.20. The molecule has 0 radical (unpaired) electrons. The van der Waals surface area contributed by atoms with E-state index in [0.717, 1.165) is 0 Å². The van der Waals surface area contributed by atoms with Gasteiger partial charge in [-0.25, -0.2) is 18.2 Å². The lowest BCUT2D eigenvalue weighted by molar-refractivity contribution is 0.0526. The average Bonchev–Trinajstić information content (AvgIpc) is 3.00. The van der Waals surface area contributed by atoms with E-state index in [1.165, 1.54) is 30.5 Å². The van der Waals surface area contributed by atoms with E-state index in [1.807, 2.05) is 0 Å². The van der Waals surface area contributed by atoms with Gasteiger partial charge in [-0.15, -0.1) is 0 Å². The second-order valence-electron chi connectivity index (χ2n) is 4.96. The van der Waals surface area contributed by atoms with Crippen LogP contribution in [0.3, 0.4) is 0 Å². The van der Waals surface area contributed by atoms with Gasteiger partial charge < -0.3 is 9.72 Å². The van der Waals surface area contributed by atoms with E-state index in [2.05, 4.69) is 14.7 Å². The topological polar surface area (TPSA) is 101 Å². The van der Waals surface area contributed by atoms with Crippen LogP contribution >= 0.6 is 0 Å². The van der Waals surface area contributed by atoms with E-state index in [-0.39, 0.29) is 11.5 Å². The van der Waals surface area contributed by atoms with E-state index < -0.39 is 16.0 Å². The second kappa shape index (κ2) is 6.32. The van der Waals surface area contributed by atoms with E-state index in [0.29, 0.717) is 22.3 Å². The van der Waals surface area contributed by atoms with Gasteiger partial charge in [0.2, 0.25) is 0 Å². The predicted molar refractivity (Wildman–Crippen MR) is 89.3 cm³/mol. The van der Waals surface area contributed by atoms with Gasteiger partial charge in [-0.1, -0.05) is 0 Å². The number of esters is 1. The molecule has 124 valence electrons. The van der Waals surface area contributed by atoms with Gasteiger partial charge in [-0.3, -0.25) is 4.72 Å². The molecule has 2 N–H and O–H groups in total. The van der Waals surface area contributed by atoms with E-state index in [1.54, 1.807) is 25.3 Å². The van der Waals surface area contributed by atoms with E-state index in [9.17, 15) is 13.2 Å². The third kappa shape index (κ3) is 3.09. The van der Waals surface area contributed by atoms with Crippen LogP contribution in [0.5, 0.6) is 0 Å². The number of nitrogens with zero attached hydrogens (tertiary/aromatic N) is 1. The second-order valence-corrected chi connectivity index (χ2v) is 6.61. The first kappa shape index (κ1) is 16.0. The summed E-state index contributed by atoms with van der Waals surface area (Å²) in [6, 6.07) is 9.38. The van der Waals surface area contributed by atoms with Gasteiger partial charge in [0.1, 0.15) is 10.5 Å². The largest absolute Gasteiger partial charge is 0.462 e. The SMILES string of the molecule is CCOC(=O)c1ccc(NS(=O)(=O)c2c[nH]c3ncccc23)cc1. The molecule has 0 saturated carbocycles. The zero-order chi connectivity index (χ0) is 17.2. The number of pyridine rings is 1. The Balaban J connectivity index is 1.86. The van der Waals surface area contributed by atoms with Crippen LogP contribution in [-0.4, -0.2) is 31.0 Å². The molecule has 0 atom stereocenters. The summed E-state index contributed by atoms with van der Waals surface area (Å²) in [6.07, 6.45) is 2.98. The van der Waals surface area contributed by atoms with Crippen LogP contribution in [0.4, 0.5) is 5.69 Å². The van der Waals surface area contributed by atoms with Crippen molar-refractivity contribution in [2.75, 3.05) is 11.3 Å². The van der Waals surface area contributed by atoms with Crippen molar-refractivity contribution in [2.45, 2.75) is 11.8 Å². The molecule has 2 heterocycles. The number of carbonyl (C=O) groups excluding carboxylic acids is 1. The molecule has 3 aromatic rings. The summed E-state index contributed by atoms with van der Waals surface area (Å²) in [5, 5.41) is 0.508. The number of H-pyrrole nitrogens is 1. The summed E-state index contributed by atoms with van der Waals surface area (Å²) in [4.78, 5) is 18.6. The Hall–Kier alpha value is -2.87. The maximum atomic E-state index is 12.5. The number of aromatic nitrogens is 2. The van der Waals surface area contributed by atoms with Crippen molar-refractivity contribution in [1.82, 2.24) is 9.97 Å². The average molecular weight is 345 g/mol. The molecular formula is C16H15N3O4S. The first-order chi connectivity index (χ1) is 11.5. The highest BCUT2D eigenvalue weighted by molar-refractivity contribution is 7.93. The highest BCUT2D eigenvalue weighted by Gasteiger charge is 2.19. The lowest BCUT2D eigenvalue weighted by Gasteiger charge is -2.08. The number of hydrogen-bond acceptors (Lipinski definition) is 5. The van der Waals surface area contributed by atoms with E-state index in [4.69, 9.17) is 4.74 Å². The number of hydrogen-bond donors (Lipinski definition) is 2. The van der Waals surface area contributed by atoms with Crippen LogP contribution in [-0.2, 0) is 14.8 Å². The fraction of sp³-hybridized carbons (Fsp3) is 0.125. The van der Waals surface area contributed by atoms with Crippen LogP contribution < -0.4 is 4.72 Å². The van der Waals surface area contributed by atoms with Gasteiger partial charge in [0.15, 0.2) is 0 Å². The normalized spacial score (nSPS) is 11.4. The minimum absolute atomic E-state index is 0.111. The van der Waals surface area contributed by atoms with Crippen molar-refractivity contribution in [2.24, 2.45) is 0 Å². The molecule has 0 unspecified atom stereocenters. The number of carbonyl (C=O) groups is 1. The molecule has 0 aliphatic carbocycles. The number of rotatable bonds is 5. The molecule has 3 rings (SSSR count). The number of anilines is 1. The standard InChI is InChI=1S/C16H15N3O4S/c1-2-23-16(20)11-5-7-12(8-6-11)19-24(21,22)14-10-18-15-13(14)4-3-9-17-15/h3-10,19H,2H2,1H3,(H,17,18). The molecule has 0 aliphatic heterocycles. The summed E-state index contributed by atoms with van der Waals surface area (Å²) in [6.45, 7) is 2.00. The minimum Gasteiger partial charge on any atom is -0.462 e. The van der Waals surface area contributed by atoms with Crippen molar-refractivity contribution >= 4 is 32.7 Å². The van der Waals surface area contributed by atoms with Crippen molar-refractivity contribution in [3.05, 3.63) is 54.4 Å². The summed E-state index contributed by atoms with van der Waals surface area (Å²) in [5.74, 6) is -0.449. The number of ether oxygens (including phenoxy) is 1. The molecular weight excluding hydrogens is 330 g/mol. The van der Waals surface area contributed by atoms with Gasteiger partial charge in [0.25, 0.3) is 10.0 Å². The highest BCUT2D eigenvalue weighted by atomic mass is 32.2. The number of nitrogens with one attached hydrogen (secondary N) is 2. The van der Waals surface area contributed by atoms with Crippen LogP contribution in [0.25, 0.3) is 11.0 Å². The van der Waals surface area contributed by atoms with Gasteiger partial charge in [-0.05, 0) is 43.3 Å². The smallest absolute Gasteiger partial charge is 0.338 e. The number of benzene rings is 1. The molecule has 0 amide bonds. The van der Waals surface area contributed by atoms with Crippen molar-refractivity contribution in [3.63, 3.8) is 0 Å². The minimum atomic E-state index is -3.78. The van der Waals surface area contributed by atoms with Crippen molar-refractivity contribution in [3.8, 4) is 0 Å². The lowest BCUT2D eigenvalue weighted by Crippen LogP contribution is -2.13. The maximum absolute atomic E-state index is 12.5. The molecule has 2 aromatic heterocycles. The van der Waals surface area contributed by atoms with Crippen molar-refractivity contribution in [1.29, 1.82) is 0 Å². The predicted octanol–water partition coefficient (Wildman–Crippen LogP) is 2.54. The maximum Gasteiger partial charge on any atom is 0.338 e. The van der Waals surface area contributed by atoms with Gasteiger partial charge >= 0.3 is 5.97 Å². The number of aromatic amines is 1. The Bertz CT molecular complexity index is 978. The zero-order valence-corrected chi connectivity index (χ0v) is 13.6. The molecule has 7 nitrogen and oxygen atoms in total. The Morgan fingerprint density at radius 3 is 2.71 bits per heavy atom. The molecule has 0 aliphatic rings. The third-order valence-electron chi connectivity index (χ3n) is 3.35. The zero-order valence-electron chi connectivity index (χ0n) is 12.8. The van der Waals surface area contributed by atoms with Gasteiger partial charge in [0, 0.05) is 23.5 Å². The molecule has 8 heteroatoms. The number of fused-ring (bicyclic) bond motifs is 1. The lowest BCUT2D eigenvalue weighted by atomic mass is 10.2. The third-order valence-corrected chi connectivity index (χ3v) is 4.77. The van der Waals surface area contributed by atoms with Gasteiger partial charge in [0.05, 0.1) is 12.2 Å². The van der Waals surface area contributed by atoms with Crippen LogP contribution in [0.15, 0.2) is 53.7 Å². The molecule has 24 heavy (non-hydrogen) atoms. The molecule has 0 spiro atoms. The van der Waals surface area contributed by atoms with Crippen molar-refractivity contribution < 1.29 is 17.9 Å². The number of sulfonamides is 1. The molecule has 1 aromatic carbocycles. The van der Waals surface area contributed by atoms with Crippen LogP contribution in [0.1, 0.15) is 17.3 Å². The summed E-state index contributed by atoms with van der Waals surface area (Å²) >= 11 is 0. The fourth-order valence-electron chi connectivity index (χ4n) is 2.25. The van der Waals surface area contributed by atoms with Crippen LogP contribution in [0.2, 0.25) is 0 Å². The Morgan fingerprint density at radius 1 is 1.25 bits per heavy atom. The van der Waals surface area contributed by atoms with E-state index >= 15 is 0 Å². The summed E-state index contributed by atoms with van der Waals surface area (Å²) < 4.78 is 32.5. The molecule has 0 bridgehead atoms.